The largest absolute Gasteiger partial charge is 0.396 e. The lowest BCUT2D eigenvalue weighted by molar-refractivity contribution is -0.133. The summed E-state index contributed by atoms with van der Waals surface area (Å²) in [7, 11) is 0. The van der Waals surface area contributed by atoms with Gasteiger partial charge in [0.1, 0.15) is 12.7 Å². The molecular weight excluding hydrogens is 232 g/mol. The van der Waals surface area contributed by atoms with Crippen molar-refractivity contribution in [1.82, 2.24) is 19.7 Å². The molecular formula is C12H20N4O2. The van der Waals surface area contributed by atoms with Crippen molar-refractivity contribution in [2.24, 2.45) is 5.92 Å². The van der Waals surface area contributed by atoms with Crippen molar-refractivity contribution in [2.75, 3.05) is 19.7 Å². The number of likely N-dealkylation sites (tertiary alicyclic amines) is 1. The standard InChI is InChI=1S/C12H20N4O2/c17-7-4-11-2-1-5-15(8-11)12(18)3-6-16-10-13-9-14-16/h9-11,17H,1-8H2. The quantitative estimate of drug-likeness (QED) is 0.817. The van der Waals surface area contributed by atoms with E-state index in [4.69, 9.17) is 5.11 Å². The highest BCUT2D eigenvalue weighted by Crippen LogP contribution is 2.19. The van der Waals surface area contributed by atoms with Gasteiger partial charge in [0.15, 0.2) is 0 Å². The number of carbonyl (C=O) groups excluding carboxylic acids is 1. The number of aryl methyl sites for hydroxylation is 1. The second-order valence-electron chi connectivity index (χ2n) is 4.77. The maximum atomic E-state index is 12.0. The molecule has 1 N–H and O–H groups in total. The van der Waals surface area contributed by atoms with Crippen LogP contribution in [-0.4, -0.2) is 50.4 Å². The van der Waals surface area contributed by atoms with Crippen LogP contribution in [0, 0.1) is 5.92 Å². The minimum atomic E-state index is 0.174. The maximum absolute atomic E-state index is 12.0. The average Bonchev–Trinajstić information content (AvgIpc) is 2.90. The average molecular weight is 252 g/mol. The monoisotopic (exact) mass is 252 g/mol. The Morgan fingerprint density at radius 3 is 3.11 bits per heavy atom. The maximum Gasteiger partial charge on any atom is 0.224 e. The fraction of sp³-hybridized carbons (Fsp3) is 0.750. The van der Waals surface area contributed by atoms with E-state index in [0.717, 1.165) is 32.4 Å². The summed E-state index contributed by atoms with van der Waals surface area (Å²) in [5.74, 6) is 0.632. The third kappa shape index (κ3) is 3.53. The van der Waals surface area contributed by atoms with E-state index in [1.807, 2.05) is 4.90 Å². The van der Waals surface area contributed by atoms with E-state index in [9.17, 15) is 4.79 Å². The van der Waals surface area contributed by atoms with Crippen molar-refractivity contribution in [2.45, 2.75) is 32.2 Å². The summed E-state index contributed by atoms with van der Waals surface area (Å²) in [6, 6.07) is 0. The fourth-order valence-electron chi connectivity index (χ4n) is 2.43. The van der Waals surface area contributed by atoms with Crippen molar-refractivity contribution < 1.29 is 9.90 Å². The van der Waals surface area contributed by atoms with Gasteiger partial charge in [-0.2, -0.15) is 5.10 Å². The summed E-state index contributed by atoms with van der Waals surface area (Å²) >= 11 is 0. The number of aliphatic hydroxyl groups excluding tert-OH is 1. The van der Waals surface area contributed by atoms with Crippen LogP contribution in [0.25, 0.3) is 0 Å². The lowest BCUT2D eigenvalue weighted by atomic mass is 9.95. The van der Waals surface area contributed by atoms with Crippen molar-refractivity contribution in [3.63, 3.8) is 0 Å². The third-order valence-electron chi connectivity index (χ3n) is 3.43. The Labute approximate surface area is 107 Å². The van der Waals surface area contributed by atoms with Gasteiger partial charge in [0.25, 0.3) is 0 Å². The third-order valence-corrected chi connectivity index (χ3v) is 3.43. The predicted octanol–water partition coefficient (Wildman–Crippen LogP) is 0.289. The number of hydrogen-bond donors (Lipinski definition) is 1. The molecule has 6 heteroatoms. The van der Waals surface area contributed by atoms with E-state index < -0.39 is 0 Å². The summed E-state index contributed by atoms with van der Waals surface area (Å²) in [6.45, 7) is 2.43. The van der Waals surface area contributed by atoms with Crippen molar-refractivity contribution in [3.8, 4) is 0 Å². The molecule has 2 rings (SSSR count). The van der Waals surface area contributed by atoms with Crippen LogP contribution in [-0.2, 0) is 11.3 Å². The van der Waals surface area contributed by atoms with E-state index in [2.05, 4.69) is 10.1 Å². The lowest BCUT2D eigenvalue weighted by Gasteiger charge is -2.32. The Bertz CT molecular complexity index is 364. The van der Waals surface area contributed by atoms with Gasteiger partial charge < -0.3 is 10.0 Å². The molecule has 1 saturated heterocycles. The number of nitrogens with zero attached hydrogens (tertiary/aromatic N) is 4. The molecule has 2 heterocycles. The zero-order chi connectivity index (χ0) is 12.8. The van der Waals surface area contributed by atoms with Crippen LogP contribution in [0.4, 0.5) is 0 Å². The summed E-state index contributed by atoms with van der Waals surface area (Å²) in [5.41, 5.74) is 0. The summed E-state index contributed by atoms with van der Waals surface area (Å²) in [6.07, 6.45) is 6.52. The first-order valence-electron chi connectivity index (χ1n) is 6.50. The molecule has 18 heavy (non-hydrogen) atoms. The van der Waals surface area contributed by atoms with E-state index in [1.165, 1.54) is 6.33 Å². The van der Waals surface area contributed by atoms with Crippen molar-refractivity contribution in [3.05, 3.63) is 12.7 Å². The van der Waals surface area contributed by atoms with Gasteiger partial charge in [-0.05, 0) is 25.2 Å². The number of piperidine rings is 1. The fourth-order valence-corrected chi connectivity index (χ4v) is 2.43. The Morgan fingerprint density at radius 1 is 1.50 bits per heavy atom. The Hall–Kier alpha value is -1.43. The number of amides is 1. The highest BCUT2D eigenvalue weighted by Gasteiger charge is 2.22. The lowest BCUT2D eigenvalue weighted by Crippen LogP contribution is -2.40. The molecule has 1 atom stereocenters. The number of hydrogen-bond acceptors (Lipinski definition) is 4. The normalized spacial score (nSPS) is 20.1. The van der Waals surface area contributed by atoms with Crippen LogP contribution >= 0.6 is 0 Å². The molecule has 1 unspecified atom stereocenters. The van der Waals surface area contributed by atoms with Crippen molar-refractivity contribution in [1.29, 1.82) is 0 Å². The van der Waals surface area contributed by atoms with Gasteiger partial charge >= 0.3 is 0 Å². The van der Waals surface area contributed by atoms with Crippen LogP contribution < -0.4 is 0 Å². The molecule has 100 valence electrons. The molecule has 0 aliphatic carbocycles. The molecule has 0 bridgehead atoms. The molecule has 1 aromatic heterocycles. The van der Waals surface area contributed by atoms with Gasteiger partial charge in [0.05, 0.1) is 6.54 Å². The Balaban J connectivity index is 1.77. The predicted molar refractivity (Wildman–Crippen MR) is 65.6 cm³/mol. The Kier molecular flexibility index (Phi) is 4.69. The second-order valence-corrected chi connectivity index (χ2v) is 4.77. The zero-order valence-corrected chi connectivity index (χ0v) is 10.5. The van der Waals surface area contributed by atoms with Gasteiger partial charge in [-0.25, -0.2) is 4.98 Å². The molecule has 0 saturated carbocycles. The molecule has 1 aliphatic rings. The van der Waals surface area contributed by atoms with Crippen LogP contribution in [0.5, 0.6) is 0 Å². The molecule has 1 aromatic rings. The van der Waals surface area contributed by atoms with E-state index in [-0.39, 0.29) is 12.5 Å². The van der Waals surface area contributed by atoms with Gasteiger partial charge in [-0.3, -0.25) is 9.48 Å². The number of aliphatic hydroxyl groups is 1. The number of aromatic nitrogens is 3. The SMILES string of the molecule is O=C(CCn1cncn1)N1CCCC(CCO)C1. The summed E-state index contributed by atoms with van der Waals surface area (Å²) in [5, 5.41) is 12.9. The number of carbonyl (C=O) groups is 1. The second kappa shape index (κ2) is 6.49. The van der Waals surface area contributed by atoms with E-state index in [0.29, 0.717) is 18.9 Å². The molecule has 1 fully saturated rings. The highest BCUT2D eigenvalue weighted by atomic mass is 16.3. The first-order chi connectivity index (χ1) is 8.79. The van der Waals surface area contributed by atoms with Gasteiger partial charge in [0.2, 0.25) is 5.91 Å². The van der Waals surface area contributed by atoms with E-state index in [1.54, 1.807) is 11.0 Å². The van der Waals surface area contributed by atoms with Crippen LogP contribution in [0.1, 0.15) is 25.7 Å². The Morgan fingerprint density at radius 2 is 2.39 bits per heavy atom. The molecule has 1 amide bonds. The van der Waals surface area contributed by atoms with Gasteiger partial charge in [0, 0.05) is 26.1 Å². The molecule has 6 nitrogen and oxygen atoms in total. The minimum absolute atomic E-state index is 0.174. The smallest absolute Gasteiger partial charge is 0.224 e. The first-order valence-corrected chi connectivity index (χ1v) is 6.50. The van der Waals surface area contributed by atoms with E-state index >= 15 is 0 Å². The number of rotatable bonds is 5. The molecule has 1 aliphatic heterocycles. The van der Waals surface area contributed by atoms with Crippen LogP contribution in [0.3, 0.4) is 0 Å². The van der Waals surface area contributed by atoms with Gasteiger partial charge in [-0.15, -0.1) is 0 Å². The minimum Gasteiger partial charge on any atom is -0.396 e. The van der Waals surface area contributed by atoms with Crippen LogP contribution in [0.15, 0.2) is 12.7 Å². The van der Waals surface area contributed by atoms with Crippen LogP contribution in [0.2, 0.25) is 0 Å². The summed E-state index contributed by atoms with van der Waals surface area (Å²) in [4.78, 5) is 17.8. The molecule has 0 radical (unpaired) electrons. The first kappa shape index (κ1) is 13.0. The topological polar surface area (TPSA) is 71.2 Å². The zero-order valence-electron chi connectivity index (χ0n) is 10.5. The highest BCUT2D eigenvalue weighted by molar-refractivity contribution is 5.76. The molecule has 0 aromatic carbocycles. The summed E-state index contributed by atoms with van der Waals surface area (Å²) < 4.78 is 1.67. The van der Waals surface area contributed by atoms with Crippen molar-refractivity contribution >= 4 is 5.91 Å². The van der Waals surface area contributed by atoms with Gasteiger partial charge in [-0.1, -0.05) is 0 Å². The molecule has 0 spiro atoms.